The summed E-state index contributed by atoms with van der Waals surface area (Å²) >= 11 is 1.35. The van der Waals surface area contributed by atoms with Crippen molar-refractivity contribution in [3.8, 4) is 5.69 Å². The van der Waals surface area contributed by atoms with E-state index in [1.54, 1.807) is 11.8 Å². The molecule has 0 fully saturated rings. The molecule has 0 amide bonds. The van der Waals surface area contributed by atoms with Crippen molar-refractivity contribution in [3.63, 3.8) is 0 Å². The van der Waals surface area contributed by atoms with Gasteiger partial charge in [0.05, 0.1) is 24.1 Å². The molecule has 0 saturated heterocycles. The van der Waals surface area contributed by atoms with Gasteiger partial charge in [-0.15, -0.1) is 5.10 Å². The Labute approximate surface area is 175 Å². The van der Waals surface area contributed by atoms with Gasteiger partial charge >= 0.3 is 0 Å². The maximum Gasteiger partial charge on any atom is 0.214 e. The van der Waals surface area contributed by atoms with Crippen LogP contribution in [0.25, 0.3) is 5.69 Å². The fourth-order valence-electron chi connectivity index (χ4n) is 3.55. The molecule has 3 aromatic rings. The second-order valence-electron chi connectivity index (χ2n) is 7.31. The van der Waals surface area contributed by atoms with Crippen LogP contribution in [0.1, 0.15) is 45.8 Å². The number of aryl methyl sites for hydroxylation is 3. The Balaban J connectivity index is 1.77. The van der Waals surface area contributed by atoms with E-state index in [0.29, 0.717) is 11.8 Å². The van der Waals surface area contributed by atoms with Crippen molar-refractivity contribution in [2.45, 2.75) is 45.8 Å². The Kier molecular flexibility index (Phi) is 6.54. The van der Waals surface area contributed by atoms with Crippen LogP contribution in [-0.4, -0.2) is 50.0 Å². The number of carbonyl (C=O) groups is 1. The van der Waals surface area contributed by atoms with Gasteiger partial charge in [0.2, 0.25) is 5.16 Å². The lowest BCUT2D eigenvalue weighted by Gasteiger charge is -2.17. The summed E-state index contributed by atoms with van der Waals surface area (Å²) in [5, 5.41) is 12.6. The molecule has 1 atom stereocenters. The number of rotatable bonds is 8. The van der Waals surface area contributed by atoms with Gasteiger partial charge in [0, 0.05) is 24.1 Å². The lowest BCUT2D eigenvalue weighted by molar-refractivity contribution is 0.102. The van der Waals surface area contributed by atoms with E-state index in [-0.39, 0.29) is 17.6 Å². The van der Waals surface area contributed by atoms with Crippen LogP contribution in [0.4, 0.5) is 0 Å². The Morgan fingerprint density at radius 2 is 1.93 bits per heavy atom. The zero-order valence-electron chi connectivity index (χ0n) is 17.8. The first kappa shape index (κ1) is 21.3. The van der Waals surface area contributed by atoms with Gasteiger partial charge in [-0.1, -0.05) is 17.8 Å². The van der Waals surface area contributed by atoms with E-state index in [9.17, 15) is 4.79 Å². The minimum Gasteiger partial charge on any atom is -0.383 e. The van der Waals surface area contributed by atoms with E-state index in [1.807, 2.05) is 38.1 Å². The second-order valence-corrected chi connectivity index (χ2v) is 8.26. The van der Waals surface area contributed by atoms with Crippen molar-refractivity contribution < 1.29 is 9.53 Å². The van der Waals surface area contributed by atoms with Crippen molar-refractivity contribution in [1.29, 1.82) is 0 Å². The van der Waals surface area contributed by atoms with Gasteiger partial charge in [0.15, 0.2) is 5.78 Å². The Bertz CT molecular complexity index is 1020. The van der Waals surface area contributed by atoms with E-state index >= 15 is 0 Å². The average molecular weight is 414 g/mol. The lowest BCUT2D eigenvalue weighted by Crippen LogP contribution is -2.14. The van der Waals surface area contributed by atoms with Crippen LogP contribution in [0.3, 0.4) is 0 Å². The number of nitrogens with zero attached hydrogens (tertiary/aromatic N) is 5. The van der Waals surface area contributed by atoms with Crippen molar-refractivity contribution in [1.82, 2.24) is 24.8 Å². The fourth-order valence-corrected chi connectivity index (χ4v) is 4.32. The topological polar surface area (TPSA) is 74.8 Å². The maximum atomic E-state index is 12.9. The van der Waals surface area contributed by atoms with Crippen molar-refractivity contribution in [2.24, 2.45) is 0 Å². The first-order valence-corrected chi connectivity index (χ1v) is 10.5. The van der Waals surface area contributed by atoms with Gasteiger partial charge in [-0.05, 0) is 74.4 Å². The molecule has 0 bridgehead atoms. The van der Waals surface area contributed by atoms with E-state index in [4.69, 9.17) is 4.74 Å². The summed E-state index contributed by atoms with van der Waals surface area (Å²) in [5.41, 5.74) is 6.03. The molecule has 0 spiro atoms. The number of hydrogen-bond acceptors (Lipinski definition) is 6. The fraction of sp³-hybridized carbons (Fsp3) is 0.429. The van der Waals surface area contributed by atoms with Gasteiger partial charge in [0.1, 0.15) is 0 Å². The minimum absolute atomic E-state index is 0.0635. The number of Topliss-reactive ketones (excluding diaryl/α,β-unsaturated/α-hetero) is 1. The zero-order chi connectivity index (χ0) is 21.1. The van der Waals surface area contributed by atoms with Crippen LogP contribution in [0.2, 0.25) is 0 Å². The first-order valence-electron chi connectivity index (χ1n) is 9.52. The highest BCUT2D eigenvalue weighted by Crippen LogP contribution is 2.25. The molecule has 0 aliphatic carbocycles. The summed E-state index contributed by atoms with van der Waals surface area (Å²) < 4.78 is 9.10. The molecule has 29 heavy (non-hydrogen) atoms. The molecular formula is C21H27N5O2S. The molecule has 1 aromatic carbocycles. The lowest BCUT2D eigenvalue weighted by atomic mass is 10.1. The van der Waals surface area contributed by atoms with Crippen LogP contribution in [0, 0.1) is 27.7 Å². The standard InChI is InChI=1S/C21H27N5O2S/c1-13-7-8-18(9-14(13)2)26-21(22-23-24-26)29-12-20(27)19-10-15(3)25(17(19)5)16(4)11-28-6/h7-10,16H,11-12H2,1-6H3/t16-/m0/s1. The maximum absolute atomic E-state index is 12.9. The SMILES string of the molecule is COC[C@H](C)n1c(C)cc(C(=O)CSc2nnnn2-c2ccc(C)c(C)c2)c1C. The van der Waals surface area contributed by atoms with Gasteiger partial charge in [0.25, 0.3) is 0 Å². The molecule has 7 nitrogen and oxygen atoms in total. The smallest absolute Gasteiger partial charge is 0.214 e. The molecule has 0 radical (unpaired) electrons. The predicted molar refractivity (Wildman–Crippen MR) is 114 cm³/mol. The largest absolute Gasteiger partial charge is 0.383 e. The highest BCUT2D eigenvalue weighted by atomic mass is 32.2. The number of hydrogen-bond donors (Lipinski definition) is 0. The van der Waals surface area contributed by atoms with Gasteiger partial charge in [-0.25, -0.2) is 0 Å². The number of ether oxygens (including phenoxy) is 1. The predicted octanol–water partition coefficient (Wildman–Crippen LogP) is 3.88. The summed E-state index contributed by atoms with van der Waals surface area (Å²) in [6.45, 7) is 10.8. The van der Waals surface area contributed by atoms with E-state index in [1.165, 1.54) is 22.9 Å². The number of benzene rings is 1. The molecule has 154 valence electrons. The molecule has 0 aliphatic heterocycles. The molecule has 0 unspecified atom stereocenters. The third-order valence-electron chi connectivity index (χ3n) is 5.14. The number of tetrazole rings is 1. The number of carbonyl (C=O) groups excluding carboxylic acids is 1. The van der Waals surface area contributed by atoms with Gasteiger partial charge < -0.3 is 9.30 Å². The molecule has 0 aliphatic rings. The Morgan fingerprint density at radius 3 is 2.62 bits per heavy atom. The van der Waals surface area contributed by atoms with E-state index in [0.717, 1.165) is 22.6 Å². The summed E-state index contributed by atoms with van der Waals surface area (Å²) in [4.78, 5) is 12.9. The highest BCUT2D eigenvalue weighted by Gasteiger charge is 2.20. The quantitative estimate of drug-likeness (QED) is 0.412. The molecule has 0 N–H and O–H groups in total. The number of thioether (sulfide) groups is 1. The molecule has 8 heteroatoms. The molecule has 2 heterocycles. The second kappa shape index (κ2) is 8.92. The van der Waals surface area contributed by atoms with Crippen molar-refractivity contribution >= 4 is 17.5 Å². The molecule has 3 rings (SSSR count). The monoisotopic (exact) mass is 413 g/mol. The van der Waals surface area contributed by atoms with Crippen molar-refractivity contribution in [2.75, 3.05) is 19.5 Å². The summed E-state index contributed by atoms with van der Waals surface area (Å²) in [6, 6.07) is 8.20. The highest BCUT2D eigenvalue weighted by molar-refractivity contribution is 7.99. The van der Waals surface area contributed by atoms with E-state index in [2.05, 4.69) is 40.9 Å². The number of aromatic nitrogens is 5. The molecule has 2 aromatic heterocycles. The number of ketones is 1. The van der Waals surface area contributed by atoms with E-state index < -0.39 is 0 Å². The van der Waals surface area contributed by atoms with Crippen LogP contribution >= 0.6 is 11.8 Å². The van der Waals surface area contributed by atoms with Gasteiger partial charge in [-0.2, -0.15) is 4.68 Å². The van der Waals surface area contributed by atoms with Crippen LogP contribution in [0.15, 0.2) is 29.4 Å². The van der Waals surface area contributed by atoms with Crippen molar-refractivity contribution in [3.05, 3.63) is 52.3 Å². The first-order chi connectivity index (χ1) is 13.8. The number of methoxy groups -OCH3 is 1. The Hall–Kier alpha value is -2.45. The normalized spacial score (nSPS) is 12.3. The van der Waals surface area contributed by atoms with Crippen LogP contribution < -0.4 is 0 Å². The van der Waals surface area contributed by atoms with Crippen LogP contribution in [-0.2, 0) is 4.74 Å². The minimum atomic E-state index is 0.0635. The summed E-state index contributed by atoms with van der Waals surface area (Å²) in [7, 11) is 1.69. The zero-order valence-corrected chi connectivity index (χ0v) is 18.6. The summed E-state index contributed by atoms with van der Waals surface area (Å²) in [5.74, 6) is 0.336. The molecular weight excluding hydrogens is 386 g/mol. The Morgan fingerprint density at radius 1 is 1.17 bits per heavy atom. The average Bonchev–Trinajstić information content (AvgIpc) is 3.26. The van der Waals surface area contributed by atoms with Crippen LogP contribution in [0.5, 0.6) is 0 Å². The third-order valence-corrected chi connectivity index (χ3v) is 6.06. The summed E-state index contributed by atoms with van der Waals surface area (Å²) in [6.07, 6.45) is 0. The molecule has 0 saturated carbocycles. The third kappa shape index (κ3) is 4.43. The van der Waals surface area contributed by atoms with Gasteiger partial charge in [-0.3, -0.25) is 4.79 Å².